The summed E-state index contributed by atoms with van der Waals surface area (Å²) >= 11 is 5.97. The van der Waals surface area contributed by atoms with E-state index in [2.05, 4.69) is 25.8 Å². The Morgan fingerprint density at radius 2 is 2.17 bits per heavy atom. The van der Waals surface area contributed by atoms with Crippen molar-refractivity contribution in [2.45, 2.75) is 32.7 Å². The summed E-state index contributed by atoms with van der Waals surface area (Å²) in [5, 5.41) is 11.1. The average molecular weight is 336 g/mol. The summed E-state index contributed by atoms with van der Waals surface area (Å²) in [4.78, 5) is 8.53. The van der Waals surface area contributed by atoms with E-state index >= 15 is 0 Å². The molecule has 0 radical (unpaired) electrons. The molecule has 0 saturated heterocycles. The molecule has 1 heterocycles. The van der Waals surface area contributed by atoms with Crippen molar-refractivity contribution in [1.29, 1.82) is 0 Å². The molecule has 1 aromatic carbocycles. The van der Waals surface area contributed by atoms with Gasteiger partial charge in [-0.15, -0.1) is 0 Å². The van der Waals surface area contributed by atoms with Crippen LogP contribution in [0.15, 0.2) is 33.8 Å². The molecular weight excluding hydrogens is 314 g/mol. The fourth-order valence-electron chi connectivity index (χ4n) is 1.95. The lowest BCUT2D eigenvalue weighted by atomic mass is 10.2. The highest BCUT2D eigenvalue weighted by molar-refractivity contribution is 6.30. The first-order chi connectivity index (χ1) is 11.1. The molecule has 7 heteroatoms. The third-order valence-electron chi connectivity index (χ3n) is 3.20. The summed E-state index contributed by atoms with van der Waals surface area (Å²) < 4.78 is 5.21. The quantitative estimate of drug-likeness (QED) is 0.627. The van der Waals surface area contributed by atoms with Crippen molar-refractivity contribution < 1.29 is 4.52 Å². The summed E-state index contributed by atoms with van der Waals surface area (Å²) in [7, 11) is 1.73. The molecule has 0 aliphatic heterocycles. The van der Waals surface area contributed by atoms with Gasteiger partial charge in [0.25, 0.3) is 0 Å². The van der Waals surface area contributed by atoms with E-state index in [0.29, 0.717) is 31.4 Å². The third kappa shape index (κ3) is 5.56. The Morgan fingerprint density at radius 1 is 1.35 bits per heavy atom. The molecule has 0 bridgehead atoms. The van der Waals surface area contributed by atoms with Gasteiger partial charge in [-0.3, -0.25) is 4.99 Å². The zero-order chi connectivity index (χ0) is 16.7. The molecule has 6 nitrogen and oxygen atoms in total. The van der Waals surface area contributed by atoms with Gasteiger partial charge in [0.15, 0.2) is 11.8 Å². The molecule has 2 N–H and O–H groups in total. The lowest BCUT2D eigenvalue weighted by Crippen LogP contribution is -2.37. The fourth-order valence-corrected chi connectivity index (χ4v) is 2.16. The van der Waals surface area contributed by atoms with Gasteiger partial charge in [-0.1, -0.05) is 42.7 Å². The van der Waals surface area contributed by atoms with Gasteiger partial charge in [0.2, 0.25) is 5.89 Å². The normalized spacial score (nSPS) is 11.8. The number of halogens is 1. The number of rotatable bonds is 6. The Kier molecular flexibility index (Phi) is 6.40. The molecule has 2 rings (SSSR count). The zero-order valence-corrected chi connectivity index (χ0v) is 14.4. The van der Waals surface area contributed by atoms with Crippen LogP contribution in [0, 0.1) is 0 Å². The van der Waals surface area contributed by atoms with Gasteiger partial charge in [-0.2, -0.15) is 4.98 Å². The highest BCUT2D eigenvalue weighted by Crippen LogP contribution is 2.10. The number of aromatic nitrogens is 2. The molecular formula is C16H22ClN5O. The smallest absolute Gasteiger partial charge is 0.228 e. The maximum absolute atomic E-state index is 5.97. The van der Waals surface area contributed by atoms with Crippen molar-refractivity contribution in [3.05, 3.63) is 46.6 Å². The Bertz CT molecular complexity index is 653. The van der Waals surface area contributed by atoms with E-state index in [1.165, 1.54) is 0 Å². The van der Waals surface area contributed by atoms with E-state index in [1.807, 2.05) is 38.1 Å². The number of hydrogen-bond acceptors (Lipinski definition) is 4. The van der Waals surface area contributed by atoms with Gasteiger partial charge >= 0.3 is 0 Å². The van der Waals surface area contributed by atoms with Crippen LogP contribution in [0.5, 0.6) is 0 Å². The van der Waals surface area contributed by atoms with E-state index in [9.17, 15) is 0 Å². The van der Waals surface area contributed by atoms with Crippen LogP contribution < -0.4 is 10.6 Å². The minimum absolute atomic E-state index is 0.271. The van der Waals surface area contributed by atoms with Crippen LogP contribution in [0.2, 0.25) is 5.02 Å². The first-order valence-electron chi connectivity index (χ1n) is 7.60. The molecule has 23 heavy (non-hydrogen) atoms. The van der Waals surface area contributed by atoms with Gasteiger partial charge < -0.3 is 15.2 Å². The Labute approximate surface area is 141 Å². The highest BCUT2D eigenvalue weighted by atomic mass is 35.5. The average Bonchev–Trinajstić information content (AvgIpc) is 3.00. The van der Waals surface area contributed by atoms with Gasteiger partial charge in [0, 0.05) is 37.5 Å². The van der Waals surface area contributed by atoms with Crippen LogP contribution in [-0.4, -0.2) is 29.7 Å². The van der Waals surface area contributed by atoms with Crippen LogP contribution in [0.4, 0.5) is 0 Å². The van der Waals surface area contributed by atoms with Crippen molar-refractivity contribution in [2.75, 3.05) is 13.6 Å². The van der Waals surface area contributed by atoms with E-state index in [-0.39, 0.29) is 5.92 Å². The largest absolute Gasteiger partial charge is 0.356 e. The monoisotopic (exact) mass is 335 g/mol. The first kappa shape index (κ1) is 17.3. The second-order valence-electron chi connectivity index (χ2n) is 5.43. The maximum Gasteiger partial charge on any atom is 0.228 e. The van der Waals surface area contributed by atoms with E-state index in [0.717, 1.165) is 16.4 Å². The minimum atomic E-state index is 0.271. The summed E-state index contributed by atoms with van der Waals surface area (Å²) in [6.07, 6.45) is 0.650. The van der Waals surface area contributed by atoms with Gasteiger partial charge in [0.05, 0.1) is 0 Å². The molecule has 2 aromatic rings. The summed E-state index contributed by atoms with van der Waals surface area (Å²) in [6.45, 7) is 5.39. The predicted molar refractivity (Wildman–Crippen MR) is 91.7 cm³/mol. The van der Waals surface area contributed by atoms with Crippen molar-refractivity contribution in [2.24, 2.45) is 4.99 Å². The van der Waals surface area contributed by atoms with Gasteiger partial charge in [-0.25, -0.2) is 0 Å². The molecule has 0 unspecified atom stereocenters. The predicted octanol–water partition coefficient (Wildman–Crippen LogP) is 2.75. The Balaban J connectivity index is 1.76. The summed E-state index contributed by atoms with van der Waals surface area (Å²) in [6, 6.07) is 7.72. The Morgan fingerprint density at radius 3 is 2.83 bits per heavy atom. The molecule has 124 valence electrons. The lowest BCUT2D eigenvalue weighted by molar-refractivity contribution is 0.371. The first-order valence-corrected chi connectivity index (χ1v) is 7.97. The van der Waals surface area contributed by atoms with Crippen molar-refractivity contribution in [1.82, 2.24) is 20.8 Å². The van der Waals surface area contributed by atoms with Crippen molar-refractivity contribution in [3.63, 3.8) is 0 Å². The Hall–Kier alpha value is -2.08. The molecule has 0 fully saturated rings. The van der Waals surface area contributed by atoms with E-state index in [1.54, 1.807) is 7.05 Å². The highest BCUT2D eigenvalue weighted by Gasteiger charge is 2.09. The topological polar surface area (TPSA) is 75.3 Å². The lowest BCUT2D eigenvalue weighted by Gasteiger charge is -2.11. The number of guanidine groups is 1. The van der Waals surface area contributed by atoms with E-state index < -0.39 is 0 Å². The van der Waals surface area contributed by atoms with E-state index in [4.69, 9.17) is 16.1 Å². The number of aliphatic imine (C=N–C) groups is 1. The van der Waals surface area contributed by atoms with Crippen molar-refractivity contribution in [3.8, 4) is 0 Å². The molecule has 0 amide bonds. The minimum Gasteiger partial charge on any atom is -0.356 e. The second kappa shape index (κ2) is 8.53. The second-order valence-corrected chi connectivity index (χ2v) is 5.87. The van der Waals surface area contributed by atoms with Crippen LogP contribution in [0.3, 0.4) is 0 Å². The van der Waals surface area contributed by atoms with Crippen LogP contribution in [0.25, 0.3) is 0 Å². The molecule has 0 spiro atoms. The number of benzene rings is 1. The third-order valence-corrected chi connectivity index (χ3v) is 3.44. The van der Waals surface area contributed by atoms with Crippen LogP contribution in [0.1, 0.15) is 37.0 Å². The molecule has 0 aliphatic rings. The van der Waals surface area contributed by atoms with Crippen molar-refractivity contribution >= 4 is 17.6 Å². The number of hydrogen-bond donors (Lipinski definition) is 2. The van der Waals surface area contributed by atoms with Gasteiger partial charge in [0.1, 0.15) is 0 Å². The standard InChI is InChI=1S/C16H22ClN5O/c1-11(2)15-21-14(23-22-15)7-8-19-16(18-3)20-10-12-5-4-6-13(17)9-12/h4-6,9,11H,7-8,10H2,1-3H3,(H2,18,19,20). The van der Waals surface area contributed by atoms with Gasteiger partial charge in [-0.05, 0) is 17.7 Å². The van der Waals surface area contributed by atoms with Crippen LogP contribution >= 0.6 is 11.6 Å². The summed E-state index contributed by atoms with van der Waals surface area (Å²) in [5.41, 5.74) is 1.10. The number of nitrogens with one attached hydrogen (secondary N) is 2. The molecule has 0 atom stereocenters. The number of nitrogens with zero attached hydrogens (tertiary/aromatic N) is 3. The molecule has 1 aromatic heterocycles. The van der Waals surface area contributed by atoms with Crippen LogP contribution in [-0.2, 0) is 13.0 Å². The molecule has 0 saturated carbocycles. The maximum atomic E-state index is 5.97. The fraction of sp³-hybridized carbons (Fsp3) is 0.438. The SMILES string of the molecule is CN=C(NCCc1nc(C(C)C)no1)NCc1cccc(Cl)c1. The molecule has 0 aliphatic carbocycles. The zero-order valence-electron chi connectivity index (χ0n) is 13.6. The summed E-state index contributed by atoms with van der Waals surface area (Å²) in [5.74, 6) is 2.36.